The van der Waals surface area contributed by atoms with Crippen molar-refractivity contribution in [3.05, 3.63) is 7.43 Å². The van der Waals surface area contributed by atoms with Crippen LogP contribution in [0.2, 0.25) is 0 Å². The fraction of sp³-hybridized carbons (Fsp3) is 0.800. The zero-order valence-electron chi connectivity index (χ0n) is 12.7. The van der Waals surface area contributed by atoms with Crippen LogP contribution in [0, 0.1) is 7.43 Å². The van der Waals surface area contributed by atoms with Gasteiger partial charge in [-0.05, 0) is 20.3 Å². The molecule has 1 heterocycles. The number of carbonyl (C=O) groups is 2. The summed E-state index contributed by atoms with van der Waals surface area (Å²) in [4.78, 5) is 20.7. The van der Waals surface area contributed by atoms with Crippen molar-refractivity contribution >= 4 is 12.3 Å². The van der Waals surface area contributed by atoms with Crippen LogP contribution in [0.4, 0.5) is 9.59 Å². The van der Waals surface area contributed by atoms with E-state index in [9.17, 15) is 14.7 Å². The maximum atomic E-state index is 10.7. The molecule has 3 atom stereocenters. The zero-order valence-corrected chi connectivity index (χ0v) is 12.7. The molecule has 0 aliphatic carbocycles. The second kappa shape index (κ2) is 15.9. The van der Waals surface area contributed by atoms with Crippen LogP contribution in [0.25, 0.3) is 0 Å². The minimum absolute atomic E-state index is 0. The van der Waals surface area contributed by atoms with Crippen LogP contribution in [0.1, 0.15) is 49.0 Å². The van der Waals surface area contributed by atoms with Gasteiger partial charge in [0, 0.05) is 0 Å². The molecule has 3 unspecified atom stereocenters. The lowest BCUT2D eigenvalue weighted by Gasteiger charge is -2.16. The molecule has 1 saturated heterocycles. The van der Waals surface area contributed by atoms with Gasteiger partial charge in [-0.15, -0.1) is 0 Å². The van der Waals surface area contributed by atoms with Crippen molar-refractivity contribution in [2.75, 3.05) is 13.2 Å². The van der Waals surface area contributed by atoms with Gasteiger partial charge < -0.3 is 31.5 Å². The van der Waals surface area contributed by atoms with Gasteiger partial charge in [-0.1, -0.05) is 34.8 Å². The first kappa shape index (κ1) is 28.6. The summed E-state index contributed by atoms with van der Waals surface area (Å²) in [7, 11) is 0. The summed E-state index contributed by atoms with van der Waals surface area (Å²) in [6.07, 6.45) is -1.66. The van der Waals surface area contributed by atoms with Crippen LogP contribution in [0.5, 0.6) is 0 Å². The van der Waals surface area contributed by atoms with Gasteiger partial charge >= 0.3 is 12.3 Å². The van der Waals surface area contributed by atoms with Gasteiger partial charge in [0.15, 0.2) is 0 Å². The van der Waals surface area contributed by atoms with Crippen molar-refractivity contribution in [1.82, 2.24) is 0 Å². The van der Waals surface area contributed by atoms with Gasteiger partial charge in [0.1, 0.15) is 18.8 Å². The van der Waals surface area contributed by atoms with Crippen LogP contribution in [0.15, 0.2) is 0 Å². The normalized spacial score (nSPS) is 17.5. The fourth-order valence-corrected chi connectivity index (χ4v) is 0.885. The lowest BCUT2D eigenvalue weighted by molar-refractivity contribution is -0.419. The molecule has 1 aliphatic heterocycles. The molecular weight excluding hydrogens is 292 g/mol. The number of hydrogen-bond donors (Lipinski definition) is 0. The second-order valence-electron chi connectivity index (χ2n) is 4.20. The Morgan fingerprint density at radius 1 is 1.41 bits per heavy atom. The van der Waals surface area contributed by atoms with E-state index in [0.717, 1.165) is 6.42 Å². The smallest absolute Gasteiger partial charge is 0.508 e. The van der Waals surface area contributed by atoms with E-state index in [2.05, 4.69) is 14.2 Å². The average Bonchev–Trinajstić information content (AvgIpc) is 2.71. The van der Waals surface area contributed by atoms with Gasteiger partial charge in [-0.2, -0.15) is 0 Å². The van der Waals surface area contributed by atoms with Crippen molar-refractivity contribution in [1.29, 1.82) is 0 Å². The Bertz CT molecular complexity index is 279. The Kier molecular flexibility index (Phi) is 20.7. The second-order valence-corrected chi connectivity index (χ2v) is 4.20. The van der Waals surface area contributed by atoms with Crippen molar-refractivity contribution in [2.24, 2.45) is 0 Å². The molecule has 0 aromatic carbocycles. The summed E-state index contributed by atoms with van der Waals surface area (Å²) in [5.41, 5.74) is 0. The number of hydrogen-bond acceptors (Lipinski definition) is 7. The molecule has 0 spiro atoms. The third kappa shape index (κ3) is 16.6. The molecule has 0 saturated carbocycles. The van der Waals surface area contributed by atoms with E-state index in [1.165, 1.54) is 6.92 Å². The minimum atomic E-state index is -0.894. The molecular formula is C15H32O7-2. The first-order chi connectivity index (χ1) is 8.85. The van der Waals surface area contributed by atoms with Gasteiger partial charge in [-0.25, -0.2) is 9.59 Å². The van der Waals surface area contributed by atoms with Crippen molar-refractivity contribution in [3.63, 3.8) is 0 Å². The largest absolute Gasteiger partial charge is 0.850 e. The lowest BCUT2D eigenvalue weighted by Crippen LogP contribution is -2.29. The SMILES string of the molecule is C.C.CC1COC(=O)O1.CCC(C)OC(=O)OCC(C)[O-].[CH3-]. The molecule has 0 aromatic rings. The van der Waals surface area contributed by atoms with Crippen LogP contribution >= 0.6 is 0 Å². The predicted octanol–water partition coefficient (Wildman–Crippen LogP) is 2.95. The zero-order chi connectivity index (χ0) is 14.8. The van der Waals surface area contributed by atoms with Crippen molar-refractivity contribution < 1.29 is 33.6 Å². The Hall–Kier alpha value is -1.50. The van der Waals surface area contributed by atoms with Crippen LogP contribution in [-0.2, 0) is 18.9 Å². The lowest BCUT2D eigenvalue weighted by atomic mass is 10.3. The Morgan fingerprint density at radius 2 is 1.95 bits per heavy atom. The number of ether oxygens (including phenoxy) is 4. The minimum Gasteiger partial charge on any atom is -0.850 e. The molecule has 1 fully saturated rings. The molecule has 136 valence electrons. The highest BCUT2D eigenvalue weighted by Crippen LogP contribution is 2.03. The molecule has 0 bridgehead atoms. The van der Waals surface area contributed by atoms with Gasteiger partial charge in [0.05, 0.1) is 6.61 Å². The molecule has 7 heteroatoms. The van der Waals surface area contributed by atoms with E-state index in [1.54, 1.807) is 13.8 Å². The molecule has 22 heavy (non-hydrogen) atoms. The number of carbonyl (C=O) groups excluding carboxylic acids is 2. The topological polar surface area (TPSA) is 94.1 Å². The first-order valence-corrected chi connectivity index (χ1v) is 6.17. The molecule has 0 amide bonds. The van der Waals surface area contributed by atoms with E-state index < -0.39 is 18.4 Å². The monoisotopic (exact) mass is 324 g/mol. The third-order valence-corrected chi connectivity index (χ3v) is 2.04. The predicted molar refractivity (Wildman–Crippen MR) is 83.4 cm³/mol. The Balaban J connectivity index is -0.000000141. The summed E-state index contributed by atoms with van der Waals surface area (Å²) < 4.78 is 18.2. The summed E-state index contributed by atoms with van der Waals surface area (Å²) in [6, 6.07) is 0. The van der Waals surface area contributed by atoms with Gasteiger partial charge in [-0.3, -0.25) is 0 Å². The van der Waals surface area contributed by atoms with Crippen LogP contribution in [-0.4, -0.2) is 43.8 Å². The van der Waals surface area contributed by atoms with Crippen LogP contribution < -0.4 is 5.11 Å². The quantitative estimate of drug-likeness (QED) is 0.579. The number of rotatable bonds is 4. The molecule has 1 aliphatic rings. The van der Waals surface area contributed by atoms with Crippen molar-refractivity contribution in [2.45, 2.75) is 67.3 Å². The maximum absolute atomic E-state index is 10.7. The van der Waals surface area contributed by atoms with Crippen molar-refractivity contribution in [3.8, 4) is 0 Å². The standard InChI is InChI=1S/C8H15O4.C4H6O3.2CH4.CH3/c1-4-7(3)12-8(10)11-5-6(2)9;1-3-2-6-4(5)7-3;;;/h6-7H,4-5H2,1-3H3;3H,2H2,1H3;2*1H4;1H3/q-1;;;;-1. The van der Waals surface area contributed by atoms with E-state index >= 15 is 0 Å². The summed E-state index contributed by atoms with van der Waals surface area (Å²) in [5.74, 6) is 0. The third-order valence-electron chi connectivity index (χ3n) is 2.04. The maximum Gasteiger partial charge on any atom is 0.508 e. The molecule has 7 nitrogen and oxygen atoms in total. The Morgan fingerprint density at radius 3 is 2.23 bits per heavy atom. The van der Waals surface area contributed by atoms with E-state index in [-0.39, 0.29) is 41.1 Å². The van der Waals surface area contributed by atoms with E-state index in [1.807, 2.05) is 6.92 Å². The van der Waals surface area contributed by atoms with Gasteiger partial charge in [0.2, 0.25) is 0 Å². The first-order valence-electron chi connectivity index (χ1n) is 6.17. The Labute approximate surface area is 134 Å². The molecule has 0 N–H and O–H groups in total. The summed E-state index contributed by atoms with van der Waals surface area (Å²) in [5, 5.41) is 10.5. The summed E-state index contributed by atoms with van der Waals surface area (Å²) in [6.45, 7) is 7.14. The molecule has 0 radical (unpaired) electrons. The van der Waals surface area contributed by atoms with E-state index in [4.69, 9.17) is 4.74 Å². The number of cyclic esters (lactones) is 2. The van der Waals surface area contributed by atoms with E-state index in [0.29, 0.717) is 6.61 Å². The molecule has 1 rings (SSSR count). The molecule has 0 aromatic heterocycles. The highest BCUT2D eigenvalue weighted by molar-refractivity contribution is 5.61. The highest BCUT2D eigenvalue weighted by Gasteiger charge is 2.19. The highest BCUT2D eigenvalue weighted by atomic mass is 16.8. The summed E-state index contributed by atoms with van der Waals surface area (Å²) >= 11 is 0. The van der Waals surface area contributed by atoms with Gasteiger partial charge in [0.25, 0.3) is 0 Å². The fourth-order valence-electron chi connectivity index (χ4n) is 0.885. The van der Waals surface area contributed by atoms with Crippen LogP contribution in [0.3, 0.4) is 0 Å². The average molecular weight is 324 g/mol.